The van der Waals surface area contributed by atoms with E-state index < -0.39 is 0 Å². The highest BCUT2D eigenvalue weighted by atomic mass is 19.1. The molecule has 1 aromatic heterocycles. The molecular formula is C18H17FN2O3. The Balaban J connectivity index is 1.55. The Labute approximate surface area is 137 Å². The summed E-state index contributed by atoms with van der Waals surface area (Å²) >= 11 is 0. The quantitative estimate of drug-likeness (QED) is 0.742. The van der Waals surface area contributed by atoms with Crippen LogP contribution in [0.5, 0.6) is 0 Å². The van der Waals surface area contributed by atoms with Crippen LogP contribution >= 0.6 is 0 Å². The fourth-order valence-corrected chi connectivity index (χ4v) is 3.06. The van der Waals surface area contributed by atoms with E-state index in [2.05, 4.69) is 4.90 Å². The maximum absolute atomic E-state index is 13.1. The molecule has 5 nitrogen and oxygen atoms in total. The van der Waals surface area contributed by atoms with Gasteiger partial charge in [-0.05, 0) is 29.8 Å². The lowest BCUT2D eigenvalue weighted by atomic mass is 10.1. The van der Waals surface area contributed by atoms with Crippen LogP contribution in [0.15, 0.2) is 57.7 Å². The molecule has 0 amide bonds. The molecule has 1 atom stereocenters. The Morgan fingerprint density at radius 1 is 1.12 bits per heavy atom. The molecular weight excluding hydrogens is 311 g/mol. The van der Waals surface area contributed by atoms with Crippen molar-refractivity contribution in [2.45, 2.75) is 12.8 Å². The number of hydrogen-bond acceptors (Lipinski definition) is 4. The summed E-state index contributed by atoms with van der Waals surface area (Å²) in [4.78, 5) is 14.2. The van der Waals surface area contributed by atoms with Gasteiger partial charge in [-0.25, -0.2) is 9.18 Å². The van der Waals surface area contributed by atoms with Crippen LogP contribution in [0, 0.1) is 5.82 Å². The largest absolute Gasteiger partial charge is 0.421 e. The minimum absolute atomic E-state index is 0.131. The first-order chi connectivity index (χ1) is 11.7. The summed E-state index contributed by atoms with van der Waals surface area (Å²) in [5, 5.41) is 0. The minimum Gasteiger partial charge on any atom is -0.408 e. The zero-order valence-electron chi connectivity index (χ0n) is 13.0. The van der Waals surface area contributed by atoms with Gasteiger partial charge in [0, 0.05) is 13.1 Å². The fourth-order valence-electron chi connectivity index (χ4n) is 3.06. The van der Waals surface area contributed by atoms with Crippen molar-refractivity contribution in [2.24, 2.45) is 0 Å². The van der Waals surface area contributed by atoms with Crippen molar-refractivity contribution in [3.05, 3.63) is 70.5 Å². The normalized spacial score (nSPS) is 19.0. The van der Waals surface area contributed by atoms with Crippen molar-refractivity contribution in [1.29, 1.82) is 0 Å². The van der Waals surface area contributed by atoms with Crippen LogP contribution in [0.3, 0.4) is 0 Å². The Bertz CT molecular complexity index is 901. The number of ether oxygens (including phenoxy) is 1. The van der Waals surface area contributed by atoms with Crippen molar-refractivity contribution < 1.29 is 13.5 Å². The third kappa shape index (κ3) is 2.86. The maximum atomic E-state index is 13.1. The molecule has 0 aliphatic carbocycles. The van der Waals surface area contributed by atoms with E-state index in [1.807, 2.05) is 18.2 Å². The predicted octanol–water partition coefficient (Wildman–Crippen LogP) is 2.76. The molecule has 4 rings (SSSR count). The van der Waals surface area contributed by atoms with Crippen LogP contribution in [0.1, 0.15) is 11.7 Å². The van der Waals surface area contributed by atoms with E-state index >= 15 is 0 Å². The first-order valence-corrected chi connectivity index (χ1v) is 7.88. The molecule has 124 valence electrons. The molecule has 1 unspecified atom stereocenters. The number of hydrogen-bond donors (Lipinski definition) is 0. The molecule has 1 aliphatic heterocycles. The number of oxazole rings is 1. The first-order valence-electron chi connectivity index (χ1n) is 7.88. The third-order valence-electron chi connectivity index (χ3n) is 4.31. The third-order valence-corrected chi connectivity index (χ3v) is 4.31. The molecule has 1 fully saturated rings. The van der Waals surface area contributed by atoms with E-state index in [0.717, 1.165) is 17.6 Å². The van der Waals surface area contributed by atoms with Crippen molar-refractivity contribution in [1.82, 2.24) is 9.47 Å². The molecule has 2 heterocycles. The highest BCUT2D eigenvalue weighted by molar-refractivity contribution is 5.72. The molecule has 6 heteroatoms. The van der Waals surface area contributed by atoms with E-state index in [4.69, 9.17) is 9.15 Å². The zero-order chi connectivity index (χ0) is 16.5. The topological polar surface area (TPSA) is 47.6 Å². The zero-order valence-corrected chi connectivity index (χ0v) is 13.0. The average molecular weight is 328 g/mol. The van der Waals surface area contributed by atoms with Gasteiger partial charge in [0.2, 0.25) is 0 Å². The standard InChI is InChI=1S/C18H17FN2O3/c19-14-7-5-13(6-8-14)17-11-20(9-10-23-17)12-21-15-3-1-2-4-16(15)24-18(21)22/h1-8,17H,9-12H2. The van der Waals surface area contributed by atoms with Crippen LogP contribution < -0.4 is 5.76 Å². The van der Waals surface area contributed by atoms with Gasteiger partial charge in [-0.1, -0.05) is 24.3 Å². The Morgan fingerprint density at radius 3 is 2.75 bits per heavy atom. The molecule has 0 bridgehead atoms. The number of morpholine rings is 1. The number of aromatic nitrogens is 1. The van der Waals surface area contributed by atoms with Crippen LogP contribution in [-0.4, -0.2) is 29.2 Å². The summed E-state index contributed by atoms with van der Waals surface area (Å²) < 4.78 is 25.8. The molecule has 0 N–H and O–H groups in total. The van der Waals surface area contributed by atoms with Gasteiger partial charge < -0.3 is 9.15 Å². The lowest BCUT2D eigenvalue weighted by molar-refractivity contribution is -0.0405. The van der Waals surface area contributed by atoms with E-state index in [0.29, 0.717) is 25.4 Å². The highest BCUT2D eigenvalue weighted by Crippen LogP contribution is 2.23. The second kappa shape index (κ2) is 6.22. The van der Waals surface area contributed by atoms with Gasteiger partial charge in [-0.15, -0.1) is 0 Å². The molecule has 3 aromatic rings. The van der Waals surface area contributed by atoms with E-state index in [-0.39, 0.29) is 17.7 Å². The summed E-state index contributed by atoms with van der Waals surface area (Å²) in [5.74, 6) is -0.621. The van der Waals surface area contributed by atoms with Crippen molar-refractivity contribution >= 4 is 11.1 Å². The van der Waals surface area contributed by atoms with Crippen LogP contribution in [-0.2, 0) is 11.4 Å². The highest BCUT2D eigenvalue weighted by Gasteiger charge is 2.23. The summed E-state index contributed by atoms with van der Waals surface area (Å²) in [6.45, 7) is 2.37. The Hall–Kier alpha value is -2.44. The maximum Gasteiger partial charge on any atom is 0.421 e. The minimum atomic E-state index is -0.360. The predicted molar refractivity (Wildman–Crippen MR) is 87.1 cm³/mol. The monoisotopic (exact) mass is 328 g/mol. The van der Waals surface area contributed by atoms with E-state index in [1.165, 1.54) is 12.1 Å². The number of halogens is 1. The molecule has 0 saturated carbocycles. The first kappa shape index (κ1) is 15.1. The SMILES string of the molecule is O=c1oc2ccccc2n1CN1CCOC(c2ccc(F)cc2)C1. The van der Waals surface area contributed by atoms with Gasteiger partial charge in [0.15, 0.2) is 5.58 Å². The van der Waals surface area contributed by atoms with Crippen molar-refractivity contribution in [2.75, 3.05) is 19.7 Å². The van der Waals surface area contributed by atoms with Crippen LogP contribution in [0.25, 0.3) is 11.1 Å². The number of para-hydroxylation sites is 2. The Morgan fingerprint density at radius 2 is 1.92 bits per heavy atom. The molecule has 1 aliphatic rings. The molecule has 2 aromatic carbocycles. The Kier molecular flexibility index (Phi) is 3.92. The number of fused-ring (bicyclic) bond motifs is 1. The van der Waals surface area contributed by atoms with Gasteiger partial charge in [-0.2, -0.15) is 0 Å². The second-order valence-electron chi connectivity index (χ2n) is 5.89. The second-order valence-corrected chi connectivity index (χ2v) is 5.89. The van der Waals surface area contributed by atoms with Gasteiger partial charge in [0.05, 0.1) is 24.9 Å². The summed E-state index contributed by atoms with van der Waals surface area (Å²) in [7, 11) is 0. The summed E-state index contributed by atoms with van der Waals surface area (Å²) in [6, 6.07) is 13.7. The van der Waals surface area contributed by atoms with Gasteiger partial charge in [0.1, 0.15) is 5.82 Å². The summed E-state index contributed by atoms with van der Waals surface area (Å²) in [5.41, 5.74) is 2.31. The number of rotatable bonds is 3. The van der Waals surface area contributed by atoms with Crippen molar-refractivity contribution in [3.63, 3.8) is 0 Å². The number of benzene rings is 2. The molecule has 1 saturated heterocycles. The lowest BCUT2D eigenvalue weighted by Crippen LogP contribution is -2.40. The van der Waals surface area contributed by atoms with Gasteiger partial charge >= 0.3 is 5.76 Å². The number of nitrogens with zero attached hydrogens (tertiary/aromatic N) is 2. The van der Waals surface area contributed by atoms with Gasteiger partial charge in [0.25, 0.3) is 0 Å². The van der Waals surface area contributed by atoms with E-state index in [1.54, 1.807) is 22.8 Å². The van der Waals surface area contributed by atoms with Crippen LogP contribution in [0.4, 0.5) is 4.39 Å². The summed E-state index contributed by atoms with van der Waals surface area (Å²) in [6.07, 6.45) is -0.131. The lowest BCUT2D eigenvalue weighted by Gasteiger charge is -2.33. The fraction of sp³-hybridized carbons (Fsp3) is 0.278. The smallest absolute Gasteiger partial charge is 0.408 e. The molecule has 0 spiro atoms. The molecule has 0 radical (unpaired) electrons. The van der Waals surface area contributed by atoms with E-state index in [9.17, 15) is 9.18 Å². The van der Waals surface area contributed by atoms with Crippen molar-refractivity contribution in [3.8, 4) is 0 Å². The molecule has 24 heavy (non-hydrogen) atoms. The average Bonchev–Trinajstić information content (AvgIpc) is 2.92. The van der Waals surface area contributed by atoms with Crippen LogP contribution in [0.2, 0.25) is 0 Å². The van der Waals surface area contributed by atoms with Gasteiger partial charge in [-0.3, -0.25) is 9.47 Å².